The van der Waals surface area contributed by atoms with Crippen LogP contribution in [0.15, 0.2) is 65.3 Å². The van der Waals surface area contributed by atoms with Crippen molar-refractivity contribution in [2.45, 2.75) is 0 Å². The van der Waals surface area contributed by atoms with Gasteiger partial charge in [0.2, 0.25) is 0 Å². The summed E-state index contributed by atoms with van der Waals surface area (Å²) in [6, 6.07) is 16.9. The van der Waals surface area contributed by atoms with Crippen molar-refractivity contribution in [3.63, 3.8) is 0 Å². The quantitative estimate of drug-likeness (QED) is 0.764. The van der Waals surface area contributed by atoms with Crippen molar-refractivity contribution < 1.29 is 4.79 Å². The minimum absolute atomic E-state index is 0.160. The van der Waals surface area contributed by atoms with E-state index in [0.717, 1.165) is 15.5 Å². The second kappa shape index (κ2) is 5.43. The van der Waals surface area contributed by atoms with Gasteiger partial charge in [-0.1, -0.05) is 40.2 Å². The monoisotopic (exact) mass is 326 g/mol. The van der Waals surface area contributed by atoms with E-state index in [0.29, 0.717) is 11.1 Å². The molecule has 3 rings (SSSR count). The Kier molecular flexibility index (Phi) is 3.48. The SMILES string of the molecule is O=C(Nc1cccc(Br)c1)c1cccc2cccnc12. The molecular formula is C16H11BrN2O. The molecule has 0 aliphatic heterocycles. The number of anilines is 1. The van der Waals surface area contributed by atoms with E-state index in [4.69, 9.17) is 0 Å². The summed E-state index contributed by atoms with van der Waals surface area (Å²) in [6.07, 6.45) is 1.69. The third kappa shape index (κ3) is 2.56. The van der Waals surface area contributed by atoms with Gasteiger partial charge >= 0.3 is 0 Å². The Labute approximate surface area is 124 Å². The standard InChI is InChI=1S/C16H11BrN2O/c17-12-6-2-7-13(10-12)19-16(20)14-8-1-4-11-5-3-9-18-15(11)14/h1-10H,(H,19,20). The number of fused-ring (bicyclic) bond motifs is 1. The second-order valence-corrected chi connectivity index (χ2v) is 5.26. The molecule has 0 unspecified atom stereocenters. The normalized spacial score (nSPS) is 10.4. The van der Waals surface area contributed by atoms with Crippen molar-refractivity contribution in [1.82, 2.24) is 4.98 Å². The lowest BCUT2D eigenvalue weighted by atomic mass is 10.1. The van der Waals surface area contributed by atoms with E-state index < -0.39 is 0 Å². The number of hydrogen-bond donors (Lipinski definition) is 1. The minimum atomic E-state index is -0.160. The Bertz CT molecular complexity index is 781. The highest BCUT2D eigenvalue weighted by atomic mass is 79.9. The highest BCUT2D eigenvalue weighted by Crippen LogP contribution is 2.19. The molecule has 3 nitrogen and oxygen atoms in total. The number of carbonyl (C=O) groups excluding carboxylic acids is 1. The van der Waals surface area contributed by atoms with Gasteiger partial charge in [0.15, 0.2) is 0 Å². The van der Waals surface area contributed by atoms with Gasteiger partial charge in [-0.15, -0.1) is 0 Å². The Morgan fingerprint density at radius 3 is 2.70 bits per heavy atom. The Hall–Kier alpha value is -2.20. The summed E-state index contributed by atoms with van der Waals surface area (Å²) in [5, 5.41) is 3.84. The van der Waals surface area contributed by atoms with Crippen LogP contribution in [0.4, 0.5) is 5.69 Å². The van der Waals surface area contributed by atoms with E-state index in [1.165, 1.54) is 0 Å². The van der Waals surface area contributed by atoms with Crippen LogP contribution in [0.3, 0.4) is 0 Å². The number of hydrogen-bond acceptors (Lipinski definition) is 2. The Morgan fingerprint density at radius 2 is 1.85 bits per heavy atom. The molecule has 0 bridgehead atoms. The summed E-state index contributed by atoms with van der Waals surface area (Å²) in [7, 11) is 0. The van der Waals surface area contributed by atoms with Crippen molar-refractivity contribution in [2.24, 2.45) is 0 Å². The summed E-state index contributed by atoms with van der Waals surface area (Å²) in [6.45, 7) is 0. The van der Waals surface area contributed by atoms with Crippen LogP contribution in [0.5, 0.6) is 0 Å². The molecule has 0 radical (unpaired) electrons. The fourth-order valence-electron chi connectivity index (χ4n) is 2.05. The molecule has 4 heteroatoms. The van der Waals surface area contributed by atoms with E-state index in [1.807, 2.05) is 48.5 Å². The van der Waals surface area contributed by atoms with Gasteiger partial charge in [-0.3, -0.25) is 9.78 Å². The number of pyridine rings is 1. The smallest absolute Gasteiger partial charge is 0.257 e. The maximum absolute atomic E-state index is 12.4. The molecule has 0 saturated carbocycles. The van der Waals surface area contributed by atoms with Crippen molar-refractivity contribution in [3.05, 3.63) is 70.8 Å². The highest BCUT2D eigenvalue weighted by Gasteiger charge is 2.10. The highest BCUT2D eigenvalue weighted by molar-refractivity contribution is 9.10. The summed E-state index contributed by atoms with van der Waals surface area (Å²) in [5.41, 5.74) is 2.03. The van der Waals surface area contributed by atoms with Crippen LogP contribution in [0, 0.1) is 0 Å². The fraction of sp³-hybridized carbons (Fsp3) is 0. The van der Waals surface area contributed by atoms with Crippen LogP contribution in [0.1, 0.15) is 10.4 Å². The summed E-state index contributed by atoms with van der Waals surface area (Å²) < 4.78 is 0.923. The molecule has 0 aliphatic carbocycles. The zero-order valence-electron chi connectivity index (χ0n) is 10.5. The number of amides is 1. The molecule has 2 aromatic carbocycles. The third-order valence-electron chi connectivity index (χ3n) is 2.96. The van der Waals surface area contributed by atoms with E-state index in [1.54, 1.807) is 12.3 Å². The van der Waals surface area contributed by atoms with Crippen LogP contribution in [-0.2, 0) is 0 Å². The second-order valence-electron chi connectivity index (χ2n) is 4.35. The Morgan fingerprint density at radius 1 is 1.05 bits per heavy atom. The van der Waals surface area contributed by atoms with Gasteiger partial charge in [0.05, 0.1) is 11.1 Å². The van der Waals surface area contributed by atoms with Crippen LogP contribution >= 0.6 is 15.9 Å². The molecule has 0 fully saturated rings. The zero-order chi connectivity index (χ0) is 13.9. The number of para-hydroxylation sites is 1. The van der Waals surface area contributed by atoms with E-state index in [-0.39, 0.29) is 5.91 Å². The first-order valence-electron chi connectivity index (χ1n) is 6.15. The molecule has 98 valence electrons. The summed E-state index contributed by atoms with van der Waals surface area (Å²) in [5.74, 6) is -0.160. The first-order valence-corrected chi connectivity index (χ1v) is 6.94. The third-order valence-corrected chi connectivity index (χ3v) is 3.45. The number of aromatic nitrogens is 1. The average Bonchev–Trinajstić information content (AvgIpc) is 2.46. The van der Waals surface area contributed by atoms with Crippen molar-refractivity contribution in [3.8, 4) is 0 Å². The number of nitrogens with one attached hydrogen (secondary N) is 1. The maximum Gasteiger partial charge on any atom is 0.257 e. The van der Waals surface area contributed by atoms with Gasteiger partial charge in [-0.2, -0.15) is 0 Å². The zero-order valence-corrected chi connectivity index (χ0v) is 12.1. The molecule has 3 aromatic rings. The number of carbonyl (C=O) groups is 1. The van der Waals surface area contributed by atoms with Gasteiger partial charge in [0.1, 0.15) is 0 Å². The molecule has 20 heavy (non-hydrogen) atoms. The fourth-order valence-corrected chi connectivity index (χ4v) is 2.45. The minimum Gasteiger partial charge on any atom is -0.322 e. The predicted octanol–water partition coefficient (Wildman–Crippen LogP) is 4.25. The number of benzene rings is 2. The topological polar surface area (TPSA) is 42.0 Å². The van der Waals surface area contributed by atoms with Crippen LogP contribution in [0.25, 0.3) is 10.9 Å². The molecule has 0 aliphatic rings. The van der Waals surface area contributed by atoms with Crippen molar-refractivity contribution in [1.29, 1.82) is 0 Å². The largest absolute Gasteiger partial charge is 0.322 e. The van der Waals surface area contributed by atoms with Crippen LogP contribution < -0.4 is 5.32 Å². The summed E-state index contributed by atoms with van der Waals surface area (Å²) >= 11 is 3.38. The van der Waals surface area contributed by atoms with E-state index in [9.17, 15) is 4.79 Å². The van der Waals surface area contributed by atoms with Gasteiger partial charge in [0.25, 0.3) is 5.91 Å². The van der Waals surface area contributed by atoms with Crippen molar-refractivity contribution >= 4 is 38.4 Å². The van der Waals surface area contributed by atoms with Gasteiger partial charge in [-0.25, -0.2) is 0 Å². The van der Waals surface area contributed by atoms with Crippen LogP contribution in [0.2, 0.25) is 0 Å². The molecule has 1 aromatic heterocycles. The van der Waals surface area contributed by atoms with E-state index in [2.05, 4.69) is 26.2 Å². The maximum atomic E-state index is 12.4. The molecule has 1 N–H and O–H groups in total. The molecule has 0 atom stereocenters. The lowest BCUT2D eigenvalue weighted by Crippen LogP contribution is -2.12. The predicted molar refractivity (Wildman–Crippen MR) is 83.8 cm³/mol. The summed E-state index contributed by atoms with van der Waals surface area (Å²) in [4.78, 5) is 16.7. The molecule has 1 heterocycles. The van der Waals surface area contributed by atoms with Gasteiger partial charge in [0, 0.05) is 21.7 Å². The lowest BCUT2D eigenvalue weighted by Gasteiger charge is -2.07. The number of nitrogens with zero attached hydrogens (tertiary/aromatic N) is 1. The number of rotatable bonds is 2. The van der Waals surface area contributed by atoms with Crippen LogP contribution in [-0.4, -0.2) is 10.9 Å². The lowest BCUT2D eigenvalue weighted by molar-refractivity contribution is 0.102. The molecule has 1 amide bonds. The van der Waals surface area contributed by atoms with E-state index >= 15 is 0 Å². The first-order chi connectivity index (χ1) is 9.74. The molecular weight excluding hydrogens is 316 g/mol. The molecule has 0 saturated heterocycles. The molecule has 0 spiro atoms. The van der Waals surface area contributed by atoms with Gasteiger partial charge < -0.3 is 5.32 Å². The Balaban J connectivity index is 1.97. The average molecular weight is 327 g/mol. The van der Waals surface area contributed by atoms with Gasteiger partial charge in [-0.05, 0) is 30.3 Å². The number of halogens is 1. The first kappa shape index (κ1) is 12.8. The van der Waals surface area contributed by atoms with Crippen molar-refractivity contribution in [2.75, 3.05) is 5.32 Å².